The Bertz CT molecular complexity index is 33.0. The van der Waals surface area contributed by atoms with Crippen LogP contribution in [0.4, 0.5) is 0 Å². The van der Waals surface area contributed by atoms with Crippen LogP contribution in [0.25, 0.3) is 0 Å². The Kier molecular flexibility index (Phi) is 178. The third kappa shape index (κ3) is 8900. The smallest absolute Gasteiger partial charge is 0.665 e. The Hall–Kier alpha value is 0.135. The van der Waals surface area contributed by atoms with Gasteiger partial charge in [-0.15, -0.1) is 0 Å². The molecule has 0 atom stereocenters. The third-order valence-electron chi connectivity index (χ3n) is 0. The molecule has 0 amide bonds. The summed E-state index contributed by atoms with van der Waals surface area (Å²) >= 11 is 0. The molecule has 0 unspecified atom stereocenters. The molecule has 0 aromatic carbocycles. The van der Waals surface area contributed by atoms with E-state index in [1.54, 1.807) is 0 Å². The Morgan fingerprint density at radius 2 is 0.875 bits per heavy atom. The second-order valence-electron chi connectivity index (χ2n) is 0.183. The van der Waals surface area contributed by atoms with Crippen molar-refractivity contribution in [2.45, 2.75) is 0 Å². The number of aliphatic hydroxyl groups excluding tert-OH is 2. The van der Waals surface area contributed by atoms with E-state index in [0.29, 0.717) is 12.9 Å². The van der Waals surface area contributed by atoms with Gasteiger partial charge in [0, 0.05) is 0 Å². The fraction of sp³-hybridized carbons (Fsp3) is 0. The zero-order valence-electron chi connectivity index (χ0n) is 4.71. The molecular weight excluding hydrogens is 102 g/mol. The molecule has 0 saturated heterocycles. The molecular formula is C2H2Li2O4. The quantitative estimate of drug-likeness (QED) is 0.236. The second-order valence-corrected chi connectivity index (χ2v) is 0.183. The summed E-state index contributed by atoms with van der Waals surface area (Å²) in [5.74, 6) is 0. The van der Waals surface area contributed by atoms with Crippen LogP contribution in [0.5, 0.6) is 0 Å². The van der Waals surface area contributed by atoms with Gasteiger partial charge in [0.25, 0.3) is 0 Å². The van der Waals surface area contributed by atoms with E-state index in [0.717, 1.165) is 0 Å². The van der Waals surface area contributed by atoms with E-state index in [2.05, 4.69) is 0 Å². The molecule has 0 aliphatic rings. The minimum Gasteiger partial charge on any atom is -0.665 e. The summed E-state index contributed by atoms with van der Waals surface area (Å²) in [7, 11) is 0. The van der Waals surface area contributed by atoms with Gasteiger partial charge in [-0.1, -0.05) is 12.9 Å². The maximum Gasteiger partial charge on any atom is 1.00 e. The van der Waals surface area contributed by atoms with Crippen LogP contribution in [0.2, 0.25) is 0 Å². The summed E-state index contributed by atoms with van der Waals surface area (Å²) in [6.45, 7) is 1.00. The van der Waals surface area contributed by atoms with Crippen LogP contribution in [-0.4, -0.2) is 23.2 Å². The fourth-order valence-corrected chi connectivity index (χ4v) is 0. The molecule has 0 saturated carbocycles. The van der Waals surface area contributed by atoms with E-state index in [1.807, 2.05) is 0 Å². The molecule has 0 bridgehead atoms. The Morgan fingerprint density at radius 3 is 0.875 bits per heavy atom. The predicted molar refractivity (Wildman–Crippen MR) is 16.6 cm³/mol. The van der Waals surface area contributed by atoms with Crippen molar-refractivity contribution in [3.8, 4) is 0 Å². The average molecular weight is 104 g/mol. The summed E-state index contributed by atoms with van der Waals surface area (Å²) in [4.78, 5) is 16.5. The first kappa shape index (κ1) is 24.2. The molecule has 0 aromatic rings. The Balaban J connectivity index is -0.0000000160. The van der Waals surface area contributed by atoms with Crippen molar-refractivity contribution in [1.82, 2.24) is 0 Å². The molecule has 4 nitrogen and oxygen atoms in total. The van der Waals surface area contributed by atoms with Gasteiger partial charge in [-0.3, -0.25) is 0 Å². The molecule has 0 fully saturated rings. The van der Waals surface area contributed by atoms with Gasteiger partial charge in [0.15, 0.2) is 0 Å². The van der Waals surface area contributed by atoms with Crippen LogP contribution in [0, 0.1) is 0 Å². The summed E-state index contributed by atoms with van der Waals surface area (Å²) in [5.41, 5.74) is 0. The van der Waals surface area contributed by atoms with E-state index in [9.17, 15) is 0 Å². The maximum atomic E-state index is 8.24. The van der Waals surface area contributed by atoms with Gasteiger partial charge >= 0.3 is 37.7 Å². The molecule has 36 valence electrons. The first-order chi connectivity index (χ1) is 2.83. The second kappa shape index (κ2) is 58.9. The first-order valence-corrected chi connectivity index (χ1v) is 0.855. The zero-order chi connectivity index (χ0) is 5.41. The molecule has 8 heavy (non-hydrogen) atoms. The number of hydrogen-bond acceptors (Lipinski definition) is 2. The minimum atomic E-state index is 0. The van der Waals surface area contributed by atoms with Gasteiger partial charge in [-0.2, -0.15) is 0 Å². The van der Waals surface area contributed by atoms with E-state index in [4.69, 9.17) is 19.8 Å². The van der Waals surface area contributed by atoms with Crippen LogP contribution in [-0.2, 0) is 9.59 Å². The van der Waals surface area contributed by atoms with Gasteiger partial charge in [0.1, 0.15) is 0 Å². The van der Waals surface area contributed by atoms with Crippen LogP contribution in [0.3, 0.4) is 0 Å². The van der Waals surface area contributed by atoms with Gasteiger partial charge in [0.2, 0.25) is 0 Å². The molecule has 0 aliphatic carbocycles. The van der Waals surface area contributed by atoms with Crippen molar-refractivity contribution >= 4 is 12.9 Å². The van der Waals surface area contributed by atoms with Crippen LogP contribution < -0.4 is 37.7 Å². The fourth-order valence-electron chi connectivity index (χ4n) is 0. The summed E-state index contributed by atoms with van der Waals surface area (Å²) in [6, 6.07) is 0. The molecule has 0 aliphatic heterocycles. The van der Waals surface area contributed by atoms with E-state index in [-0.39, 0.29) is 37.7 Å². The van der Waals surface area contributed by atoms with E-state index < -0.39 is 0 Å². The van der Waals surface area contributed by atoms with Gasteiger partial charge in [0.05, 0.1) is 0 Å². The van der Waals surface area contributed by atoms with Crippen molar-refractivity contribution in [2.24, 2.45) is 0 Å². The number of rotatable bonds is 0. The first-order valence-electron chi connectivity index (χ1n) is 0.855. The normalized spacial score (nSPS) is 3.00. The van der Waals surface area contributed by atoms with Crippen LogP contribution >= 0.6 is 0 Å². The standard InChI is InChI=1S/2CHO2.2Li/c2*2-1-3;;/h2*(H,2,3);;/q2*-1;2*+1. The van der Waals surface area contributed by atoms with E-state index >= 15 is 0 Å². The SMILES string of the molecule is O=[C-]O.O=[C-]O.[Li+].[Li+]. The molecule has 6 heteroatoms. The molecule has 0 rings (SSSR count). The van der Waals surface area contributed by atoms with Crippen molar-refractivity contribution in [1.29, 1.82) is 0 Å². The van der Waals surface area contributed by atoms with Crippen molar-refractivity contribution in [2.75, 3.05) is 0 Å². The maximum absolute atomic E-state index is 8.24. The Morgan fingerprint density at radius 1 is 0.875 bits per heavy atom. The summed E-state index contributed by atoms with van der Waals surface area (Å²) in [5, 5.41) is 13.5. The molecule has 0 aromatic heterocycles. The average Bonchev–Trinajstić information content (AvgIpc) is 1.39. The molecule has 0 radical (unpaired) electrons. The van der Waals surface area contributed by atoms with Crippen molar-refractivity contribution in [3.63, 3.8) is 0 Å². The molecule has 0 heterocycles. The largest absolute Gasteiger partial charge is 1.00 e. The van der Waals surface area contributed by atoms with Gasteiger partial charge in [-0.25, -0.2) is 0 Å². The Labute approximate surface area is 70.6 Å². The summed E-state index contributed by atoms with van der Waals surface area (Å²) < 4.78 is 0. The zero-order valence-corrected chi connectivity index (χ0v) is 4.71. The topological polar surface area (TPSA) is 74.6 Å². The third-order valence-corrected chi connectivity index (χ3v) is 0. The molecule has 0 spiro atoms. The summed E-state index contributed by atoms with van der Waals surface area (Å²) in [6.07, 6.45) is 0. The van der Waals surface area contributed by atoms with Crippen molar-refractivity contribution in [3.05, 3.63) is 0 Å². The monoisotopic (exact) mass is 104 g/mol. The van der Waals surface area contributed by atoms with Crippen LogP contribution in [0.15, 0.2) is 0 Å². The van der Waals surface area contributed by atoms with E-state index in [1.165, 1.54) is 0 Å². The predicted octanol–water partition coefficient (Wildman–Crippen LogP) is -6.77. The van der Waals surface area contributed by atoms with Crippen LogP contribution in [0.1, 0.15) is 0 Å². The van der Waals surface area contributed by atoms with Gasteiger partial charge < -0.3 is 19.8 Å². The molecule has 2 N–H and O–H groups in total. The van der Waals surface area contributed by atoms with Gasteiger partial charge in [-0.05, 0) is 0 Å². The van der Waals surface area contributed by atoms with Crippen molar-refractivity contribution < 1.29 is 57.5 Å². The minimum absolute atomic E-state index is 0. The number of hydrogen-bond donors (Lipinski definition) is 2.